The molecule has 0 aromatic heterocycles. The van der Waals surface area contributed by atoms with Gasteiger partial charge in [-0.1, -0.05) is 24.3 Å². The summed E-state index contributed by atoms with van der Waals surface area (Å²) >= 11 is 0. The second-order valence-electron chi connectivity index (χ2n) is 8.62. The molecule has 2 aromatic carbocycles. The number of rotatable bonds is 7. The van der Waals surface area contributed by atoms with Crippen molar-refractivity contribution in [3.05, 3.63) is 53.8 Å². The molecule has 178 valence electrons. The Kier molecular flexibility index (Phi) is 7.40. The van der Waals surface area contributed by atoms with E-state index in [1.165, 1.54) is 17.9 Å². The second kappa shape index (κ2) is 10.6. The van der Waals surface area contributed by atoms with Gasteiger partial charge in [-0.2, -0.15) is 5.26 Å². The molecule has 2 aliphatic heterocycles. The van der Waals surface area contributed by atoms with Crippen molar-refractivity contribution in [1.82, 2.24) is 15.1 Å². The zero-order valence-corrected chi connectivity index (χ0v) is 19.2. The van der Waals surface area contributed by atoms with Gasteiger partial charge in [0.25, 0.3) is 0 Å². The lowest BCUT2D eigenvalue weighted by Crippen LogP contribution is -2.45. The van der Waals surface area contributed by atoms with Crippen molar-refractivity contribution in [3.63, 3.8) is 0 Å². The van der Waals surface area contributed by atoms with E-state index < -0.39 is 18.0 Å². The van der Waals surface area contributed by atoms with E-state index >= 15 is 0 Å². The van der Waals surface area contributed by atoms with E-state index in [0.29, 0.717) is 17.8 Å². The van der Waals surface area contributed by atoms with Crippen LogP contribution in [0.1, 0.15) is 12.5 Å². The molecule has 2 aromatic rings. The molecule has 0 aliphatic carbocycles. The fraction of sp³-hybridized carbons (Fsp3) is 0.400. The smallest absolute Gasteiger partial charge is 0.414 e. The van der Waals surface area contributed by atoms with E-state index in [9.17, 15) is 14.0 Å². The van der Waals surface area contributed by atoms with Crippen molar-refractivity contribution in [2.45, 2.75) is 19.6 Å². The summed E-state index contributed by atoms with van der Waals surface area (Å²) in [5, 5.41) is 11.4. The summed E-state index contributed by atoms with van der Waals surface area (Å²) in [6.45, 7) is 6.78. The van der Waals surface area contributed by atoms with Gasteiger partial charge in [0.15, 0.2) is 0 Å². The van der Waals surface area contributed by atoms with Crippen LogP contribution in [0.4, 0.5) is 14.9 Å². The summed E-state index contributed by atoms with van der Waals surface area (Å²) in [5.74, 6) is -0.619. The number of nitrogens with zero attached hydrogens (tertiary/aromatic N) is 4. The Bertz CT molecular complexity index is 1080. The minimum Gasteiger partial charge on any atom is -0.442 e. The summed E-state index contributed by atoms with van der Waals surface area (Å²) in [7, 11) is 0. The number of benzene rings is 2. The molecule has 2 amide bonds. The summed E-state index contributed by atoms with van der Waals surface area (Å²) in [6, 6.07) is 14.7. The number of carbonyl (C=O) groups is 2. The van der Waals surface area contributed by atoms with Crippen LogP contribution in [0.25, 0.3) is 11.1 Å². The van der Waals surface area contributed by atoms with Crippen molar-refractivity contribution in [3.8, 4) is 17.2 Å². The predicted octanol–water partition coefficient (Wildman–Crippen LogP) is 2.60. The SMILES string of the molecule is CC(=O)NC[C@H]1CN(c2ccc(-c3ccc(CN4CCN(CC#N)CC4)cc3)c(F)c2)C(=O)O1. The number of carbonyl (C=O) groups excluding carboxylic acids is 2. The molecule has 2 aliphatic rings. The van der Waals surface area contributed by atoms with Crippen molar-refractivity contribution in [2.75, 3.05) is 50.7 Å². The van der Waals surface area contributed by atoms with Gasteiger partial charge in [0, 0.05) is 45.2 Å². The van der Waals surface area contributed by atoms with Gasteiger partial charge in [0.1, 0.15) is 11.9 Å². The maximum atomic E-state index is 15.0. The molecule has 0 bridgehead atoms. The quantitative estimate of drug-likeness (QED) is 0.633. The lowest BCUT2D eigenvalue weighted by Gasteiger charge is -2.33. The molecule has 1 atom stereocenters. The number of ether oxygens (including phenoxy) is 1. The minimum atomic E-state index is -0.555. The third-order valence-electron chi connectivity index (χ3n) is 6.15. The topological polar surface area (TPSA) is 88.9 Å². The van der Waals surface area contributed by atoms with E-state index in [0.717, 1.165) is 43.9 Å². The van der Waals surface area contributed by atoms with Crippen LogP contribution in [0.3, 0.4) is 0 Å². The van der Waals surface area contributed by atoms with E-state index in [1.54, 1.807) is 12.1 Å². The van der Waals surface area contributed by atoms with Gasteiger partial charge in [-0.25, -0.2) is 9.18 Å². The van der Waals surface area contributed by atoms with Crippen LogP contribution in [0, 0.1) is 17.1 Å². The third-order valence-corrected chi connectivity index (χ3v) is 6.15. The Labute approximate surface area is 198 Å². The van der Waals surface area contributed by atoms with Gasteiger partial charge in [-0.3, -0.25) is 19.5 Å². The maximum absolute atomic E-state index is 15.0. The van der Waals surface area contributed by atoms with Crippen LogP contribution < -0.4 is 10.2 Å². The zero-order chi connectivity index (χ0) is 24.1. The molecular formula is C25H28FN5O3. The molecule has 0 spiro atoms. The third kappa shape index (κ3) is 5.71. The molecule has 2 saturated heterocycles. The normalized spacial score (nSPS) is 19.0. The summed E-state index contributed by atoms with van der Waals surface area (Å²) in [6.07, 6.45) is -1.03. The molecule has 4 rings (SSSR count). The number of nitrogens with one attached hydrogen (secondary N) is 1. The van der Waals surface area contributed by atoms with Gasteiger partial charge < -0.3 is 10.1 Å². The van der Waals surface area contributed by atoms with E-state index in [2.05, 4.69) is 21.2 Å². The van der Waals surface area contributed by atoms with Crippen LogP contribution in [0.15, 0.2) is 42.5 Å². The Balaban J connectivity index is 1.37. The zero-order valence-electron chi connectivity index (χ0n) is 19.2. The first-order valence-corrected chi connectivity index (χ1v) is 11.4. The molecule has 0 radical (unpaired) electrons. The number of hydrogen-bond donors (Lipinski definition) is 1. The number of nitriles is 1. The highest BCUT2D eigenvalue weighted by Crippen LogP contribution is 2.29. The van der Waals surface area contributed by atoms with E-state index in [-0.39, 0.29) is 19.0 Å². The molecule has 34 heavy (non-hydrogen) atoms. The van der Waals surface area contributed by atoms with Crippen molar-refractivity contribution >= 4 is 17.7 Å². The fourth-order valence-corrected chi connectivity index (χ4v) is 4.26. The van der Waals surface area contributed by atoms with Crippen molar-refractivity contribution < 1.29 is 18.7 Å². The number of piperazine rings is 1. The lowest BCUT2D eigenvalue weighted by atomic mass is 10.0. The summed E-state index contributed by atoms with van der Waals surface area (Å²) in [5.41, 5.74) is 2.80. The van der Waals surface area contributed by atoms with Crippen LogP contribution in [-0.4, -0.2) is 73.7 Å². The fourth-order valence-electron chi connectivity index (χ4n) is 4.26. The highest BCUT2D eigenvalue weighted by Gasteiger charge is 2.32. The maximum Gasteiger partial charge on any atom is 0.414 e. The molecule has 8 nitrogen and oxygen atoms in total. The van der Waals surface area contributed by atoms with Crippen LogP contribution in [-0.2, 0) is 16.1 Å². The molecule has 9 heteroatoms. The number of halogens is 1. The predicted molar refractivity (Wildman–Crippen MR) is 125 cm³/mol. The van der Waals surface area contributed by atoms with Gasteiger partial charge >= 0.3 is 6.09 Å². The second-order valence-corrected chi connectivity index (χ2v) is 8.62. The standard InChI is InChI=1S/C25H28FN5O3/c1-18(32)28-15-22-17-31(25(33)34-22)21-6-7-23(24(26)14-21)20-4-2-19(3-5-20)16-30-12-10-29(9-8-27)11-13-30/h2-7,14,22H,9-13,15-17H2,1H3,(H,28,32)/t22-/m0/s1. The molecule has 2 fully saturated rings. The lowest BCUT2D eigenvalue weighted by molar-refractivity contribution is -0.119. The molecule has 0 saturated carbocycles. The monoisotopic (exact) mass is 465 g/mol. The molecule has 1 N–H and O–H groups in total. The number of cyclic esters (lactones) is 1. The largest absolute Gasteiger partial charge is 0.442 e. The highest BCUT2D eigenvalue weighted by atomic mass is 19.1. The van der Waals surface area contributed by atoms with E-state index in [4.69, 9.17) is 10.00 Å². The van der Waals surface area contributed by atoms with Gasteiger partial charge in [-0.15, -0.1) is 0 Å². The van der Waals surface area contributed by atoms with E-state index in [1.807, 2.05) is 24.3 Å². The average molecular weight is 466 g/mol. The van der Waals surface area contributed by atoms with Gasteiger partial charge in [0.2, 0.25) is 5.91 Å². The first-order valence-electron chi connectivity index (χ1n) is 11.4. The van der Waals surface area contributed by atoms with Crippen molar-refractivity contribution in [2.24, 2.45) is 0 Å². The average Bonchev–Trinajstić information content (AvgIpc) is 3.20. The number of anilines is 1. The number of amides is 2. The Morgan fingerprint density at radius 2 is 1.85 bits per heavy atom. The van der Waals surface area contributed by atoms with Crippen LogP contribution in [0.5, 0.6) is 0 Å². The van der Waals surface area contributed by atoms with Crippen LogP contribution in [0.2, 0.25) is 0 Å². The van der Waals surface area contributed by atoms with Gasteiger partial charge in [0.05, 0.1) is 31.4 Å². The summed E-state index contributed by atoms with van der Waals surface area (Å²) < 4.78 is 20.2. The molecule has 0 unspecified atom stereocenters. The summed E-state index contributed by atoms with van der Waals surface area (Å²) in [4.78, 5) is 29.1. The Morgan fingerprint density at radius 3 is 2.50 bits per heavy atom. The number of hydrogen-bond acceptors (Lipinski definition) is 6. The van der Waals surface area contributed by atoms with Crippen LogP contribution >= 0.6 is 0 Å². The first-order chi connectivity index (χ1) is 16.4. The minimum absolute atomic E-state index is 0.200. The molecule has 2 heterocycles. The molecular weight excluding hydrogens is 437 g/mol. The Morgan fingerprint density at radius 1 is 1.15 bits per heavy atom. The van der Waals surface area contributed by atoms with Gasteiger partial charge in [-0.05, 0) is 29.3 Å². The highest BCUT2D eigenvalue weighted by molar-refractivity contribution is 5.90. The van der Waals surface area contributed by atoms with Crippen molar-refractivity contribution in [1.29, 1.82) is 5.26 Å². The Hall–Kier alpha value is -3.48. The first kappa shape index (κ1) is 23.7.